The van der Waals surface area contributed by atoms with Crippen LogP contribution < -0.4 is 11.1 Å². The summed E-state index contributed by atoms with van der Waals surface area (Å²) in [5, 5.41) is 3.94. The number of rotatable bonds is 5. The van der Waals surface area contributed by atoms with Crippen molar-refractivity contribution in [1.29, 1.82) is 0 Å². The third-order valence-electron chi connectivity index (χ3n) is 6.26. The Balaban J connectivity index is 1.29. The first-order valence-corrected chi connectivity index (χ1v) is 11.7. The van der Waals surface area contributed by atoms with E-state index in [0.717, 1.165) is 16.8 Å². The molecule has 0 atom stereocenters. The minimum Gasteiger partial charge on any atom is -0.383 e. The largest absolute Gasteiger partial charge is 0.383 e. The van der Waals surface area contributed by atoms with Gasteiger partial charge in [-0.15, -0.1) is 0 Å². The molecule has 3 aromatic heterocycles. The molecule has 0 aliphatic rings. The minimum atomic E-state index is -0.350. The average Bonchev–Trinajstić information content (AvgIpc) is 3.32. The number of nitrogen functional groups attached to an aromatic ring is 1. The molecule has 0 spiro atoms. The van der Waals surface area contributed by atoms with Gasteiger partial charge in [0.1, 0.15) is 17.2 Å². The lowest BCUT2D eigenvalue weighted by Crippen LogP contribution is -2.23. The molecule has 3 heterocycles. The lowest BCUT2D eigenvalue weighted by atomic mass is 10.0. The average molecular weight is 489 g/mol. The zero-order chi connectivity index (χ0) is 25.4. The molecule has 6 aromatic rings. The van der Waals surface area contributed by atoms with E-state index in [2.05, 4.69) is 15.3 Å². The van der Waals surface area contributed by atoms with Crippen molar-refractivity contribution >= 4 is 33.7 Å². The molecule has 0 unspecified atom stereocenters. The highest BCUT2D eigenvalue weighted by atomic mass is 19.1. The van der Waals surface area contributed by atoms with Crippen molar-refractivity contribution in [2.45, 2.75) is 6.54 Å². The highest BCUT2D eigenvalue weighted by Crippen LogP contribution is 2.30. The molecule has 0 aliphatic heterocycles. The molecule has 6 rings (SSSR count). The maximum Gasteiger partial charge on any atom is 0.252 e. The third kappa shape index (κ3) is 4.04. The van der Waals surface area contributed by atoms with E-state index in [9.17, 15) is 9.18 Å². The zero-order valence-corrected chi connectivity index (χ0v) is 19.6. The van der Waals surface area contributed by atoms with Crippen molar-refractivity contribution < 1.29 is 9.18 Å². The van der Waals surface area contributed by atoms with Crippen LogP contribution in [-0.4, -0.2) is 25.4 Å². The smallest absolute Gasteiger partial charge is 0.252 e. The molecule has 180 valence electrons. The summed E-state index contributed by atoms with van der Waals surface area (Å²) < 4.78 is 16.1. The van der Waals surface area contributed by atoms with Crippen molar-refractivity contribution in [2.75, 3.05) is 5.73 Å². The van der Waals surface area contributed by atoms with Crippen LogP contribution >= 0.6 is 0 Å². The predicted molar refractivity (Wildman–Crippen MR) is 142 cm³/mol. The van der Waals surface area contributed by atoms with E-state index in [1.165, 1.54) is 12.1 Å². The van der Waals surface area contributed by atoms with Gasteiger partial charge in [0.25, 0.3) is 5.91 Å². The van der Waals surface area contributed by atoms with Gasteiger partial charge < -0.3 is 11.1 Å². The molecule has 37 heavy (non-hydrogen) atoms. The molecule has 8 heteroatoms. The fraction of sp³-hybridized carbons (Fsp3) is 0.0345. The number of hydrogen-bond acceptors (Lipinski definition) is 5. The number of nitrogens with zero attached hydrogens (tertiary/aromatic N) is 4. The van der Waals surface area contributed by atoms with Crippen molar-refractivity contribution in [3.8, 4) is 17.1 Å². The number of imidazole rings is 1. The SMILES string of the molecule is Nc1ncccc1-c1nc2cccnc2n1-c1ccc(CNC(=O)c2ccc(F)c3ccccc23)cc1. The molecule has 0 saturated heterocycles. The van der Waals surface area contributed by atoms with Crippen molar-refractivity contribution in [1.82, 2.24) is 24.8 Å². The summed E-state index contributed by atoms with van der Waals surface area (Å²) in [4.78, 5) is 26.4. The number of nitrogens with one attached hydrogen (secondary N) is 1. The lowest BCUT2D eigenvalue weighted by Gasteiger charge is -2.12. The summed E-state index contributed by atoms with van der Waals surface area (Å²) in [7, 11) is 0. The quantitative estimate of drug-likeness (QED) is 0.344. The van der Waals surface area contributed by atoms with Gasteiger partial charge in [0.05, 0.1) is 5.56 Å². The molecule has 0 saturated carbocycles. The molecular formula is C29H21FN6O. The molecule has 3 N–H and O–H groups in total. The summed E-state index contributed by atoms with van der Waals surface area (Å²) in [5.74, 6) is 0.409. The van der Waals surface area contributed by atoms with E-state index in [-0.39, 0.29) is 11.7 Å². The van der Waals surface area contributed by atoms with Gasteiger partial charge in [0.15, 0.2) is 11.5 Å². The second kappa shape index (κ2) is 9.16. The molecule has 0 bridgehead atoms. The van der Waals surface area contributed by atoms with Gasteiger partial charge in [0.2, 0.25) is 0 Å². The van der Waals surface area contributed by atoms with Crippen LogP contribution in [0.1, 0.15) is 15.9 Å². The minimum absolute atomic E-state index is 0.264. The first-order valence-electron chi connectivity index (χ1n) is 11.7. The van der Waals surface area contributed by atoms with Crippen molar-refractivity contribution in [3.05, 3.63) is 114 Å². The number of amides is 1. The molecule has 0 radical (unpaired) electrons. The van der Waals surface area contributed by atoms with Gasteiger partial charge in [0, 0.05) is 35.6 Å². The number of hydrogen-bond donors (Lipinski definition) is 2. The van der Waals surface area contributed by atoms with Gasteiger partial charge in [-0.2, -0.15) is 0 Å². The van der Waals surface area contributed by atoms with E-state index < -0.39 is 0 Å². The molecule has 0 aliphatic carbocycles. The van der Waals surface area contributed by atoms with E-state index in [1.807, 2.05) is 53.1 Å². The number of fused-ring (bicyclic) bond motifs is 2. The van der Waals surface area contributed by atoms with Gasteiger partial charge >= 0.3 is 0 Å². The Bertz CT molecular complexity index is 1780. The summed E-state index contributed by atoms with van der Waals surface area (Å²) >= 11 is 0. The van der Waals surface area contributed by atoms with Crippen LogP contribution in [0.4, 0.5) is 10.2 Å². The number of anilines is 1. The van der Waals surface area contributed by atoms with Gasteiger partial charge in [-0.25, -0.2) is 19.3 Å². The molecule has 0 fully saturated rings. The summed E-state index contributed by atoms with van der Waals surface area (Å²) in [6, 6.07) is 25.0. The van der Waals surface area contributed by atoms with E-state index in [0.29, 0.717) is 45.7 Å². The van der Waals surface area contributed by atoms with Gasteiger partial charge in [-0.1, -0.05) is 36.4 Å². The second-order valence-corrected chi connectivity index (χ2v) is 8.54. The van der Waals surface area contributed by atoms with Crippen molar-refractivity contribution in [2.24, 2.45) is 0 Å². The van der Waals surface area contributed by atoms with E-state index in [4.69, 9.17) is 10.7 Å². The first-order chi connectivity index (χ1) is 18.1. The summed E-state index contributed by atoms with van der Waals surface area (Å²) in [6.07, 6.45) is 3.36. The van der Waals surface area contributed by atoms with Crippen LogP contribution in [0.5, 0.6) is 0 Å². The number of aromatic nitrogens is 4. The maximum absolute atomic E-state index is 14.1. The number of carbonyl (C=O) groups is 1. The maximum atomic E-state index is 14.1. The van der Waals surface area contributed by atoms with E-state index >= 15 is 0 Å². The molecule has 3 aromatic carbocycles. The number of pyridine rings is 2. The Morgan fingerprint density at radius 1 is 0.865 bits per heavy atom. The van der Waals surface area contributed by atoms with Crippen LogP contribution in [0.25, 0.3) is 39.0 Å². The Kier molecular flexibility index (Phi) is 5.54. The standard InChI is InChI=1S/C29H21FN6O/c30-24-14-13-22(20-5-1-2-6-21(20)24)29(37)34-17-18-9-11-19(12-10-18)36-27(23-7-3-15-32-26(23)31)35-25-8-4-16-33-28(25)36/h1-16H,17H2,(H2,31,32)(H,34,37). The Labute approximate surface area is 211 Å². The fourth-order valence-electron chi connectivity index (χ4n) is 4.45. The first kappa shape index (κ1) is 22.4. The second-order valence-electron chi connectivity index (χ2n) is 8.54. The lowest BCUT2D eigenvalue weighted by molar-refractivity contribution is 0.0952. The predicted octanol–water partition coefficient (Wildman–Crippen LogP) is 5.29. The van der Waals surface area contributed by atoms with Gasteiger partial charge in [-0.3, -0.25) is 9.36 Å². The number of carbonyl (C=O) groups excluding carboxylic acids is 1. The monoisotopic (exact) mass is 488 g/mol. The summed E-state index contributed by atoms with van der Waals surface area (Å²) in [6.45, 7) is 0.316. The summed E-state index contributed by atoms with van der Waals surface area (Å²) in [5.41, 5.74) is 10.5. The number of benzene rings is 3. The van der Waals surface area contributed by atoms with Crippen LogP contribution in [0.3, 0.4) is 0 Å². The van der Waals surface area contributed by atoms with Gasteiger partial charge in [-0.05, 0) is 59.5 Å². The van der Waals surface area contributed by atoms with Crippen LogP contribution in [0, 0.1) is 5.82 Å². The molecule has 1 amide bonds. The third-order valence-corrected chi connectivity index (χ3v) is 6.26. The molecular weight excluding hydrogens is 467 g/mol. The fourth-order valence-corrected chi connectivity index (χ4v) is 4.45. The van der Waals surface area contributed by atoms with E-state index in [1.54, 1.807) is 36.7 Å². The van der Waals surface area contributed by atoms with Crippen molar-refractivity contribution in [3.63, 3.8) is 0 Å². The Morgan fingerprint density at radius 2 is 1.62 bits per heavy atom. The Hall–Kier alpha value is -5.11. The van der Waals surface area contributed by atoms with Crippen LogP contribution in [0.15, 0.2) is 97.3 Å². The highest BCUT2D eigenvalue weighted by Gasteiger charge is 2.18. The molecule has 7 nitrogen and oxygen atoms in total. The van der Waals surface area contributed by atoms with Crippen LogP contribution in [0.2, 0.25) is 0 Å². The number of nitrogens with two attached hydrogens (primary N) is 1. The normalized spacial score (nSPS) is 11.2. The number of halogens is 1. The topological polar surface area (TPSA) is 98.7 Å². The van der Waals surface area contributed by atoms with Crippen LogP contribution in [-0.2, 0) is 6.54 Å². The zero-order valence-electron chi connectivity index (χ0n) is 19.6. The highest BCUT2D eigenvalue weighted by molar-refractivity contribution is 6.07. The Morgan fingerprint density at radius 3 is 2.43 bits per heavy atom.